The smallest absolute Gasteiger partial charge is 0.0677 e. The molecule has 3 rings (SSSR count). The molecule has 0 aromatic heterocycles. The fourth-order valence-corrected chi connectivity index (χ4v) is 3.33. The van der Waals surface area contributed by atoms with Crippen LogP contribution in [0.2, 0.25) is 0 Å². The predicted octanol–water partition coefficient (Wildman–Crippen LogP) is 3.67. The van der Waals surface area contributed by atoms with E-state index in [1.54, 1.807) is 0 Å². The maximum absolute atomic E-state index is 9.20. The van der Waals surface area contributed by atoms with E-state index in [2.05, 4.69) is 29.6 Å². The first-order valence-electron chi connectivity index (χ1n) is 7.15. The fourth-order valence-electron chi connectivity index (χ4n) is 3.33. The topological polar surface area (TPSA) is 35.8 Å². The molecule has 1 aromatic rings. The summed E-state index contributed by atoms with van der Waals surface area (Å²) in [7, 11) is 0. The third kappa shape index (κ3) is 2.22. The predicted molar refractivity (Wildman–Crippen MR) is 73.4 cm³/mol. The molecule has 94 valence electrons. The SMILES string of the molecule is N#CC1CCCCC1Nc1ccc2c(c1)CCC2. The third-order valence-corrected chi connectivity index (χ3v) is 4.38. The summed E-state index contributed by atoms with van der Waals surface area (Å²) in [4.78, 5) is 0. The summed E-state index contributed by atoms with van der Waals surface area (Å²) >= 11 is 0. The number of rotatable bonds is 2. The number of nitrogens with one attached hydrogen (secondary N) is 1. The van der Waals surface area contributed by atoms with E-state index in [0.717, 1.165) is 12.8 Å². The van der Waals surface area contributed by atoms with Crippen molar-refractivity contribution in [2.24, 2.45) is 5.92 Å². The molecule has 18 heavy (non-hydrogen) atoms. The van der Waals surface area contributed by atoms with Crippen molar-refractivity contribution in [3.63, 3.8) is 0 Å². The van der Waals surface area contributed by atoms with Crippen LogP contribution in [0.15, 0.2) is 18.2 Å². The molecule has 2 aliphatic rings. The van der Waals surface area contributed by atoms with Gasteiger partial charge >= 0.3 is 0 Å². The molecule has 1 fully saturated rings. The van der Waals surface area contributed by atoms with Crippen LogP contribution in [0.1, 0.15) is 43.2 Å². The van der Waals surface area contributed by atoms with Crippen LogP contribution in [-0.4, -0.2) is 6.04 Å². The molecule has 0 bridgehead atoms. The number of benzene rings is 1. The molecule has 1 aromatic carbocycles. The van der Waals surface area contributed by atoms with Crippen molar-refractivity contribution >= 4 is 5.69 Å². The second-order valence-electron chi connectivity index (χ2n) is 5.61. The lowest BCUT2D eigenvalue weighted by atomic mass is 9.85. The highest BCUT2D eigenvalue weighted by molar-refractivity contribution is 5.51. The summed E-state index contributed by atoms with van der Waals surface area (Å²) in [5.41, 5.74) is 4.23. The van der Waals surface area contributed by atoms with E-state index in [1.165, 1.54) is 48.9 Å². The maximum Gasteiger partial charge on any atom is 0.0677 e. The van der Waals surface area contributed by atoms with Crippen LogP contribution in [0.5, 0.6) is 0 Å². The van der Waals surface area contributed by atoms with Crippen LogP contribution in [0.25, 0.3) is 0 Å². The number of fused-ring (bicyclic) bond motifs is 1. The van der Waals surface area contributed by atoms with Crippen molar-refractivity contribution in [3.8, 4) is 6.07 Å². The highest BCUT2D eigenvalue weighted by atomic mass is 14.9. The van der Waals surface area contributed by atoms with E-state index in [-0.39, 0.29) is 5.92 Å². The third-order valence-electron chi connectivity index (χ3n) is 4.38. The maximum atomic E-state index is 9.20. The van der Waals surface area contributed by atoms with Crippen LogP contribution < -0.4 is 5.32 Å². The molecule has 2 atom stereocenters. The zero-order valence-corrected chi connectivity index (χ0v) is 10.8. The lowest BCUT2D eigenvalue weighted by Crippen LogP contribution is -2.31. The summed E-state index contributed by atoms with van der Waals surface area (Å²) in [6.07, 6.45) is 8.40. The van der Waals surface area contributed by atoms with E-state index in [0.29, 0.717) is 6.04 Å². The van der Waals surface area contributed by atoms with E-state index < -0.39 is 0 Å². The summed E-state index contributed by atoms with van der Waals surface area (Å²) in [6, 6.07) is 9.56. The van der Waals surface area contributed by atoms with Gasteiger partial charge in [0.15, 0.2) is 0 Å². The number of hydrogen-bond acceptors (Lipinski definition) is 2. The van der Waals surface area contributed by atoms with Crippen molar-refractivity contribution in [1.82, 2.24) is 0 Å². The van der Waals surface area contributed by atoms with Gasteiger partial charge in [0.05, 0.1) is 12.0 Å². The van der Waals surface area contributed by atoms with E-state index in [4.69, 9.17) is 0 Å². The monoisotopic (exact) mass is 240 g/mol. The largest absolute Gasteiger partial charge is 0.381 e. The Morgan fingerprint density at radius 3 is 2.78 bits per heavy atom. The van der Waals surface area contributed by atoms with Crippen LogP contribution in [-0.2, 0) is 12.8 Å². The number of nitriles is 1. The number of anilines is 1. The lowest BCUT2D eigenvalue weighted by Gasteiger charge is -2.28. The van der Waals surface area contributed by atoms with E-state index in [9.17, 15) is 5.26 Å². The minimum absolute atomic E-state index is 0.187. The van der Waals surface area contributed by atoms with Crippen LogP contribution in [0, 0.1) is 17.2 Å². The molecular weight excluding hydrogens is 220 g/mol. The Bertz CT molecular complexity index is 472. The Hall–Kier alpha value is -1.49. The Morgan fingerprint density at radius 2 is 1.89 bits per heavy atom. The molecule has 0 heterocycles. The van der Waals surface area contributed by atoms with Gasteiger partial charge in [0.1, 0.15) is 0 Å². The van der Waals surface area contributed by atoms with Crippen molar-refractivity contribution in [1.29, 1.82) is 5.26 Å². The molecule has 0 spiro atoms. The second kappa shape index (κ2) is 5.02. The molecule has 2 aliphatic carbocycles. The minimum Gasteiger partial charge on any atom is -0.381 e. The molecule has 2 heteroatoms. The minimum atomic E-state index is 0.187. The highest BCUT2D eigenvalue weighted by Crippen LogP contribution is 2.29. The van der Waals surface area contributed by atoms with Crippen molar-refractivity contribution < 1.29 is 0 Å². The van der Waals surface area contributed by atoms with Gasteiger partial charge in [0.2, 0.25) is 0 Å². The molecule has 0 amide bonds. The number of nitrogens with zero attached hydrogens (tertiary/aromatic N) is 1. The summed E-state index contributed by atoms with van der Waals surface area (Å²) in [5.74, 6) is 0.187. The van der Waals surface area contributed by atoms with Crippen molar-refractivity contribution in [2.75, 3.05) is 5.32 Å². The molecule has 0 saturated heterocycles. The van der Waals surface area contributed by atoms with Crippen LogP contribution in [0.4, 0.5) is 5.69 Å². The Balaban J connectivity index is 1.74. The molecule has 1 N–H and O–H groups in total. The van der Waals surface area contributed by atoms with Crippen LogP contribution in [0.3, 0.4) is 0 Å². The van der Waals surface area contributed by atoms with Gasteiger partial charge in [-0.05, 0) is 55.4 Å². The zero-order chi connectivity index (χ0) is 12.4. The molecule has 2 unspecified atom stereocenters. The average molecular weight is 240 g/mol. The van der Waals surface area contributed by atoms with Crippen molar-refractivity contribution in [2.45, 2.75) is 51.0 Å². The van der Waals surface area contributed by atoms with E-state index >= 15 is 0 Å². The van der Waals surface area contributed by atoms with Gasteiger partial charge in [0.25, 0.3) is 0 Å². The molecule has 1 saturated carbocycles. The van der Waals surface area contributed by atoms with Gasteiger partial charge in [-0.3, -0.25) is 0 Å². The fraction of sp³-hybridized carbons (Fsp3) is 0.562. The Labute approximate surface area is 109 Å². The quantitative estimate of drug-likeness (QED) is 0.856. The summed E-state index contributed by atoms with van der Waals surface area (Å²) in [5, 5.41) is 12.8. The van der Waals surface area contributed by atoms with Gasteiger partial charge < -0.3 is 5.32 Å². The normalized spacial score (nSPS) is 26.4. The van der Waals surface area contributed by atoms with Gasteiger partial charge in [-0.1, -0.05) is 18.9 Å². The summed E-state index contributed by atoms with van der Waals surface area (Å²) < 4.78 is 0. The standard InChI is InChI=1S/C16H20N2/c17-11-14-4-1-2-7-16(14)18-15-9-8-12-5-3-6-13(12)10-15/h8-10,14,16,18H,1-7H2. The summed E-state index contributed by atoms with van der Waals surface area (Å²) in [6.45, 7) is 0. The average Bonchev–Trinajstić information content (AvgIpc) is 2.87. The zero-order valence-electron chi connectivity index (χ0n) is 10.8. The first kappa shape index (κ1) is 11.6. The van der Waals surface area contributed by atoms with Crippen LogP contribution >= 0.6 is 0 Å². The Kier molecular flexibility index (Phi) is 3.23. The van der Waals surface area contributed by atoms with Crippen molar-refractivity contribution in [3.05, 3.63) is 29.3 Å². The first-order chi connectivity index (χ1) is 8.86. The molecule has 0 aliphatic heterocycles. The Morgan fingerprint density at radius 1 is 1.06 bits per heavy atom. The molecule has 2 nitrogen and oxygen atoms in total. The second-order valence-corrected chi connectivity index (χ2v) is 5.61. The van der Waals surface area contributed by atoms with Gasteiger partial charge in [0, 0.05) is 11.7 Å². The molecular formula is C16H20N2. The van der Waals surface area contributed by atoms with Gasteiger partial charge in [-0.25, -0.2) is 0 Å². The van der Waals surface area contributed by atoms with E-state index in [1.807, 2.05) is 0 Å². The first-order valence-corrected chi connectivity index (χ1v) is 7.15. The highest BCUT2D eigenvalue weighted by Gasteiger charge is 2.24. The molecule has 0 radical (unpaired) electrons. The van der Waals surface area contributed by atoms with Gasteiger partial charge in [-0.2, -0.15) is 5.26 Å². The number of hydrogen-bond donors (Lipinski definition) is 1. The lowest BCUT2D eigenvalue weighted by molar-refractivity contribution is 0.389. The van der Waals surface area contributed by atoms with Gasteiger partial charge in [-0.15, -0.1) is 0 Å². The number of aryl methyl sites for hydroxylation is 2.